The number of unbranched alkanes of at least 4 members (excludes halogenated alkanes) is 1. The Morgan fingerprint density at radius 1 is 1.67 bits per heavy atom. The number of hydrogen-bond donors (Lipinski definition) is 1. The van der Waals surface area contributed by atoms with Crippen LogP contribution in [-0.4, -0.2) is 24.1 Å². The molecule has 0 aliphatic carbocycles. The van der Waals surface area contributed by atoms with Gasteiger partial charge in [0.05, 0.1) is 7.11 Å². The van der Waals surface area contributed by atoms with Crippen LogP contribution in [0.1, 0.15) is 19.8 Å². The number of methoxy groups -OCH3 is 1. The average Bonchev–Trinajstić information content (AvgIpc) is 2.05. The highest BCUT2D eigenvalue weighted by molar-refractivity contribution is 8.13. The maximum absolute atomic E-state index is 10.6. The van der Waals surface area contributed by atoms with Crippen LogP contribution in [0.4, 0.5) is 4.79 Å². The van der Waals surface area contributed by atoms with E-state index in [1.54, 1.807) is 0 Å². The summed E-state index contributed by atoms with van der Waals surface area (Å²) in [6, 6.07) is 0. The third kappa shape index (κ3) is 6.03. The summed E-state index contributed by atoms with van der Waals surface area (Å²) in [5, 5.41) is 0.273. The number of amides is 1. The second-order valence-electron chi connectivity index (χ2n) is 2.12. The van der Waals surface area contributed by atoms with E-state index in [9.17, 15) is 4.79 Å². The number of amidine groups is 1. The van der Waals surface area contributed by atoms with Crippen molar-refractivity contribution in [3.05, 3.63) is 0 Å². The summed E-state index contributed by atoms with van der Waals surface area (Å²) >= 11 is 1.37. The lowest BCUT2D eigenvalue weighted by atomic mass is 10.4. The quantitative estimate of drug-likeness (QED) is 0.417. The minimum Gasteiger partial charge on any atom is -0.451 e. The molecule has 1 amide bonds. The van der Waals surface area contributed by atoms with Crippen LogP contribution in [0, 0.1) is 0 Å². The molecule has 12 heavy (non-hydrogen) atoms. The van der Waals surface area contributed by atoms with Gasteiger partial charge in [0.15, 0.2) is 5.17 Å². The third-order valence-electron chi connectivity index (χ3n) is 1.12. The van der Waals surface area contributed by atoms with Gasteiger partial charge in [0.1, 0.15) is 0 Å². The van der Waals surface area contributed by atoms with E-state index < -0.39 is 6.09 Å². The summed E-state index contributed by atoms with van der Waals surface area (Å²) in [5.74, 6) is 0.892. The molecule has 0 unspecified atom stereocenters. The van der Waals surface area contributed by atoms with Crippen LogP contribution in [0.3, 0.4) is 0 Å². The summed E-state index contributed by atoms with van der Waals surface area (Å²) in [6.45, 7) is 2.09. The third-order valence-corrected chi connectivity index (χ3v) is 2.00. The van der Waals surface area contributed by atoms with Crippen molar-refractivity contribution in [1.82, 2.24) is 0 Å². The number of carbonyl (C=O) groups is 1. The highest BCUT2D eigenvalue weighted by Crippen LogP contribution is 2.04. The number of nitrogens with two attached hydrogens (primary N) is 1. The lowest BCUT2D eigenvalue weighted by Crippen LogP contribution is -2.10. The van der Waals surface area contributed by atoms with E-state index in [0.717, 1.165) is 18.6 Å². The number of carbonyl (C=O) groups excluding carboxylic acids is 1. The maximum atomic E-state index is 10.6. The van der Waals surface area contributed by atoms with Crippen LogP contribution in [0.15, 0.2) is 4.99 Å². The minimum absolute atomic E-state index is 0.273. The Kier molecular flexibility index (Phi) is 6.55. The summed E-state index contributed by atoms with van der Waals surface area (Å²) < 4.78 is 4.31. The van der Waals surface area contributed by atoms with E-state index in [-0.39, 0.29) is 5.17 Å². The number of thioether (sulfide) groups is 1. The first-order chi connectivity index (χ1) is 5.70. The second-order valence-corrected chi connectivity index (χ2v) is 3.24. The maximum Gasteiger partial charge on any atom is 0.435 e. The predicted octanol–water partition coefficient (Wildman–Crippen LogP) is 1.60. The van der Waals surface area contributed by atoms with Crippen LogP contribution >= 0.6 is 11.8 Å². The number of hydrogen-bond acceptors (Lipinski definition) is 3. The topological polar surface area (TPSA) is 64.7 Å². The smallest absolute Gasteiger partial charge is 0.435 e. The molecule has 0 rings (SSSR count). The molecule has 0 heterocycles. The normalized spacial score (nSPS) is 11.3. The molecular formula is C7H14N2O2S. The summed E-state index contributed by atoms with van der Waals surface area (Å²) in [5.41, 5.74) is 5.40. The standard InChI is InChI=1S/C7H14N2O2S/c1-3-4-5-12-6(8)9-7(10)11-2/h3-5H2,1-2H3,(H2,8,9,10). The number of nitrogens with zero attached hydrogens (tertiary/aromatic N) is 1. The molecule has 0 radical (unpaired) electrons. The van der Waals surface area contributed by atoms with Gasteiger partial charge in [-0.3, -0.25) is 0 Å². The van der Waals surface area contributed by atoms with Gasteiger partial charge < -0.3 is 10.5 Å². The van der Waals surface area contributed by atoms with Gasteiger partial charge in [0.25, 0.3) is 0 Å². The first-order valence-electron chi connectivity index (χ1n) is 3.75. The average molecular weight is 190 g/mol. The molecule has 0 aromatic carbocycles. The van der Waals surface area contributed by atoms with Crippen LogP contribution in [0.2, 0.25) is 0 Å². The van der Waals surface area contributed by atoms with E-state index in [1.165, 1.54) is 18.9 Å². The Labute approximate surface area is 76.6 Å². The molecule has 4 nitrogen and oxygen atoms in total. The Hall–Kier alpha value is -0.710. The Balaban J connectivity index is 3.62. The van der Waals surface area contributed by atoms with Crippen molar-refractivity contribution in [2.45, 2.75) is 19.8 Å². The number of aliphatic imine (C=N–C) groups is 1. The Bertz CT molecular complexity index is 171. The van der Waals surface area contributed by atoms with Gasteiger partial charge >= 0.3 is 6.09 Å². The highest BCUT2D eigenvalue weighted by Gasteiger charge is 1.98. The number of ether oxygens (including phenoxy) is 1. The SMILES string of the molecule is CCCCS/C(N)=N/C(=O)OC. The fourth-order valence-electron chi connectivity index (χ4n) is 0.489. The zero-order chi connectivity index (χ0) is 9.40. The van der Waals surface area contributed by atoms with Gasteiger partial charge in [-0.2, -0.15) is 4.99 Å². The van der Waals surface area contributed by atoms with Crippen molar-refractivity contribution in [1.29, 1.82) is 0 Å². The molecule has 5 heteroatoms. The fraction of sp³-hybridized carbons (Fsp3) is 0.714. The highest BCUT2D eigenvalue weighted by atomic mass is 32.2. The van der Waals surface area contributed by atoms with Crippen LogP contribution in [0.25, 0.3) is 0 Å². The molecule has 0 saturated carbocycles. The number of rotatable bonds is 3. The molecular weight excluding hydrogens is 176 g/mol. The van der Waals surface area contributed by atoms with Gasteiger partial charge in [0.2, 0.25) is 0 Å². The van der Waals surface area contributed by atoms with E-state index in [2.05, 4.69) is 16.7 Å². The molecule has 0 fully saturated rings. The first kappa shape index (κ1) is 11.3. The van der Waals surface area contributed by atoms with Crippen molar-refractivity contribution in [3.8, 4) is 0 Å². The molecule has 0 spiro atoms. The van der Waals surface area contributed by atoms with Gasteiger partial charge in [-0.25, -0.2) is 4.79 Å². The largest absolute Gasteiger partial charge is 0.451 e. The summed E-state index contributed by atoms with van der Waals surface area (Å²) in [7, 11) is 1.27. The Morgan fingerprint density at radius 3 is 2.83 bits per heavy atom. The molecule has 0 atom stereocenters. The van der Waals surface area contributed by atoms with Crippen LogP contribution in [-0.2, 0) is 4.74 Å². The zero-order valence-electron chi connectivity index (χ0n) is 7.37. The van der Waals surface area contributed by atoms with Crippen molar-refractivity contribution in [2.24, 2.45) is 10.7 Å². The monoisotopic (exact) mass is 190 g/mol. The van der Waals surface area contributed by atoms with Crippen molar-refractivity contribution in [3.63, 3.8) is 0 Å². The fourth-order valence-corrected chi connectivity index (χ4v) is 1.27. The van der Waals surface area contributed by atoms with E-state index >= 15 is 0 Å². The zero-order valence-corrected chi connectivity index (χ0v) is 8.19. The van der Waals surface area contributed by atoms with Crippen LogP contribution in [0.5, 0.6) is 0 Å². The lowest BCUT2D eigenvalue weighted by Gasteiger charge is -1.97. The molecule has 70 valence electrons. The second kappa shape index (κ2) is 6.97. The lowest BCUT2D eigenvalue weighted by molar-refractivity contribution is 0.182. The molecule has 0 aromatic heterocycles. The molecule has 0 bridgehead atoms. The van der Waals surface area contributed by atoms with Crippen molar-refractivity contribution in [2.75, 3.05) is 12.9 Å². The van der Waals surface area contributed by atoms with Gasteiger partial charge in [0, 0.05) is 5.75 Å². The van der Waals surface area contributed by atoms with Gasteiger partial charge in [-0.05, 0) is 6.42 Å². The van der Waals surface area contributed by atoms with Gasteiger partial charge in [-0.15, -0.1) is 0 Å². The van der Waals surface area contributed by atoms with E-state index in [0.29, 0.717) is 0 Å². The predicted molar refractivity (Wildman–Crippen MR) is 51.4 cm³/mol. The van der Waals surface area contributed by atoms with E-state index in [1.807, 2.05) is 0 Å². The Morgan fingerprint density at radius 2 is 2.33 bits per heavy atom. The molecule has 0 saturated heterocycles. The summed E-state index contributed by atoms with van der Waals surface area (Å²) in [6.07, 6.45) is 1.54. The minimum atomic E-state index is -0.642. The summed E-state index contributed by atoms with van der Waals surface area (Å²) in [4.78, 5) is 14.0. The van der Waals surface area contributed by atoms with Crippen LogP contribution < -0.4 is 5.73 Å². The van der Waals surface area contributed by atoms with E-state index in [4.69, 9.17) is 5.73 Å². The molecule has 0 aliphatic heterocycles. The van der Waals surface area contributed by atoms with Gasteiger partial charge in [-0.1, -0.05) is 25.1 Å². The van der Waals surface area contributed by atoms with Crippen molar-refractivity contribution >= 4 is 23.0 Å². The van der Waals surface area contributed by atoms with Crippen molar-refractivity contribution < 1.29 is 9.53 Å². The first-order valence-corrected chi connectivity index (χ1v) is 4.74. The molecule has 0 aliphatic rings. The molecule has 0 aromatic rings. The molecule has 2 N–H and O–H groups in total.